The van der Waals surface area contributed by atoms with Crippen LogP contribution in [0.2, 0.25) is 0 Å². The topological polar surface area (TPSA) is 126 Å². The monoisotopic (exact) mass is 451 g/mol. The van der Waals surface area contributed by atoms with Crippen molar-refractivity contribution < 1.29 is 9.59 Å². The summed E-state index contributed by atoms with van der Waals surface area (Å²) >= 11 is 1.28. The lowest BCUT2D eigenvalue weighted by atomic mass is 9.94. The summed E-state index contributed by atoms with van der Waals surface area (Å²) in [5.41, 5.74) is 7.24. The molecule has 0 aliphatic carbocycles. The number of carbonyl (C=O) groups is 2. The highest BCUT2D eigenvalue weighted by molar-refractivity contribution is 7.10. The van der Waals surface area contributed by atoms with Crippen LogP contribution in [0.25, 0.3) is 0 Å². The molecule has 1 atom stereocenters. The van der Waals surface area contributed by atoms with E-state index in [1.54, 1.807) is 6.20 Å². The summed E-state index contributed by atoms with van der Waals surface area (Å²) in [4.78, 5) is 35.3. The third-order valence-electron chi connectivity index (χ3n) is 5.24. The fourth-order valence-electron chi connectivity index (χ4n) is 3.77. The first kappa shape index (κ1) is 21.7. The van der Waals surface area contributed by atoms with Crippen LogP contribution in [0.1, 0.15) is 35.4 Å². The molecule has 0 spiro atoms. The van der Waals surface area contributed by atoms with Crippen LogP contribution >= 0.6 is 11.5 Å². The second kappa shape index (κ2) is 9.73. The van der Waals surface area contributed by atoms with Gasteiger partial charge >= 0.3 is 0 Å². The van der Waals surface area contributed by atoms with Crippen molar-refractivity contribution in [1.82, 2.24) is 14.3 Å². The molecule has 3 aromatic rings. The van der Waals surface area contributed by atoms with E-state index in [1.165, 1.54) is 11.5 Å². The Balaban J connectivity index is 1.45. The predicted molar refractivity (Wildman–Crippen MR) is 125 cm³/mol. The third-order valence-corrected chi connectivity index (χ3v) is 6.03. The number of piperidine rings is 1. The number of nitrogens with zero attached hydrogens (tertiary/aromatic N) is 4. The normalized spacial score (nSPS) is 15.9. The van der Waals surface area contributed by atoms with Gasteiger partial charge in [0.1, 0.15) is 10.8 Å². The highest BCUT2D eigenvalue weighted by Crippen LogP contribution is 2.27. The summed E-state index contributed by atoms with van der Waals surface area (Å²) in [6, 6.07) is 11.3. The SMILES string of the molecule is Cc1cc(Nc2nc(N3CCCC(CC(=O)Nc4ccccc4)C3)cnc2C(N)=O)sn1. The molecule has 4 rings (SSSR count). The van der Waals surface area contributed by atoms with E-state index in [-0.39, 0.29) is 17.5 Å². The molecule has 166 valence electrons. The maximum atomic E-state index is 12.5. The number of anilines is 4. The maximum Gasteiger partial charge on any atom is 0.271 e. The van der Waals surface area contributed by atoms with Crippen molar-refractivity contribution in [2.45, 2.75) is 26.2 Å². The van der Waals surface area contributed by atoms with Crippen molar-refractivity contribution >= 4 is 45.7 Å². The number of nitrogens with two attached hydrogens (primary N) is 1. The Morgan fingerprint density at radius 1 is 1.28 bits per heavy atom. The standard InChI is InChI=1S/C22H25N7O2S/c1-14-10-19(32-28-14)27-22-20(21(23)31)24-12-17(26-22)29-9-5-6-15(13-29)11-18(30)25-16-7-3-2-4-8-16/h2-4,7-8,10,12,15H,5-6,9,11,13H2,1H3,(H2,23,31)(H,25,30)(H,26,27). The molecule has 1 aliphatic rings. The highest BCUT2D eigenvalue weighted by atomic mass is 32.1. The lowest BCUT2D eigenvalue weighted by Crippen LogP contribution is -2.37. The minimum absolute atomic E-state index is 0.00105. The molecule has 2 aromatic heterocycles. The molecule has 0 saturated carbocycles. The van der Waals surface area contributed by atoms with Gasteiger partial charge in [0.2, 0.25) is 5.91 Å². The zero-order valence-corrected chi connectivity index (χ0v) is 18.6. The van der Waals surface area contributed by atoms with E-state index in [0.717, 1.165) is 35.8 Å². The first-order chi connectivity index (χ1) is 15.5. The number of rotatable bonds is 7. The Morgan fingerprint density at radius 2 is 2.09 bits per heavy atom. The predicted octanol–water partition coefficient (Wildman–Crippen LogP) is 3.33. The Hall–Kier alpha value is -3.53. The fourth-order valence-corrected chi connectivity index (χ4v) is 4.43. The van der Waals surface area contributed by atoms with Crippen LogP contribution in [0.3, 0.4) is 0 Å². The number of carbonyl (C=O) groups excluding carboxylic acids is 2. The fraction of sp³-hybridized carbons (Fsp3) is 0.318. The smallest absolute Gasteiger partial charge is 0.271 e. The number of para-hydroxylation sites is 1. The van der Waals surface area contributed by atoms with Gasteiger partial charge in [-0.25, -0.2) is 9.97 Å². The summed E-state index contributed by atoms with van der Waals surface area (Å²) in [6.07, 6.45) is 3.91. The molecule has 1 aliphatic heterocycles. The number of aryl methyl sites for hydroxylation is 1. The van der Waals surface area contributed by atoms with Crippen molar-refractivity contribution in [3.05, 3.63) is 54.0 Å². The zero-order valence-electron chi connectivity index (χ0n) is 17.7. The third kappa shape index (κ3) is 5.38. The molecule has 10 heteroatoms. The summed E-state index contributed by atoms with van der Waals surface area (Å²) in [5.74, 6) is 0.503. The Labute approximate surface area is 190 Å². The lowest BCUT2D eigenvalue weighted by Gasteiger charge is -2.33. The number of hydrogen-bond acceptors (Lipinski definition) is 8. The number of primary amides is 1. The minimum Gasteiger partial charge on any atom is -0.364 e. The number of nitrogens with one attached hydrogen (secondary N) is 2. The summed E-state index contributed by atoms with van der Waals surface area (Å²) in [5, 5.41) is 6.82. The second-order valence-electron chi connectivity index (χ2n) is 7.82. The van der Waals surface area contributed by atoms with Crippen molar-refractivity contribution in [1.29, 1.82) is 0 Å². The van der Waals surface area contributed by atoms with Gasteiger partial charge < -0.3 is 21.3 Å². The second-order valence-corrected chi connectivity index (χ2v) is 8.62. The molecule has 1 aromatic carbocycles. The van der Waals surface area contributed by atoms with Crippen molar-refractivity contribution in [3.8, 4) is 0 Å². The van der Waals surface area contributed by atoms with Gasteiger partial charge in [-0.1, -0.05) is 18.2 Å². The van der Waals surface area contributed by atoms with Crippen LogP contribution < -0.4 is 21.3 Å². The van der Waals surface area contributed by atoms with Gasteiger partial charge in [0.05, 0.1) is 11.9 Å². The molecule has 32 heavy (non-hydrogen) atoms. The largest absolute Gasteiger partial charge is 0.364 e. The van der Waals surface area contributed by atoms with Crippen LogP contribution in [-0.2, 0) is 4.79 Å². The molecule has 3 heterocycles. The van der Waals surface area contributed by atoms with Gasteiger partial charge in [-0.2, -0.15) is 4.37 Å². The van der Waals surface area contributed by atoms with Crippen LogP contribution in [-0.4, -0.2) is 39.2 Å². The van der Waals surface area contributed by atoms with E-state index >= 15 is 0 Å². The first-order valence-corrected chi connectivity index (χ1v) is 11.2. The van der Waals surface area contributed by atoms with Crippen LogP contribution in [0, 0.1) is 12.8 Å². The number of hydrogen-bond donors (Lipinski definition) is 3. The van der Waals surface area contributed by atoms with E-state index in [2.05, 4.69) is 29.9 Å². The molecule has 1 unspecified atom stereocenters. The average Bonchev–Trinajstić information content (AvgIpc) is 3.19. The van der Waals surface area contributed by atoms with Gasteiger partial charge in [-0.05, 0) is 55.4 Å². The molecule has 1 saturated heterocycles. The van der Waals surface area contributed by atoms with Gasteiger partial charge in [0.15, 0.2) is 11.5 Å². The Kier molecular flexibility index (Phi) is 6.60. The summed E-state index contributed by atoms with van der Waals surface area (Å²) < 4.78 is 4.23. The van der Waals surface area contributed by atoms with Crippen LogP contribution in [0.5, 0.6) is 0 Å². The van der Waals surface area contributed by atoms with E-state index in [1.807, 2.05) is 43.3 Å². The van der Waals surface area contributed by atoms with E-state index in [4.69, 9.17) is 5.73 Å². The number of benzene rings is 1. The molecular weight excluding hydrogens is 426 g/mol. The van der Waals surface area contributed by atoms with Gasteiger partial charge in [0.25, 0.3) is 5.91 Å². The number of amides is 2. The van der Waals surface area contributed by atoms with E-state index in [0.29, 0.717) is 24.6 Å². The zero-order chi connectivity index (χ0) is 22.5. The average molecular weight is 452 g/mol. The quantitative estimate of drug-likeness (QED) is 0.503. The molecule has 4 N–H and O–H groups in total. The molecular formula is C22H25N7O2S. The van der Waals surface area contributed by atoms with Crippen molar-refractivity contribution in [3.63, 3.8) is 0 Å². The molecule has 0 bridgehead atoms. The van der Waals surface area contributed by atoms with E-state index < -0.39 is 5.91 Å². The van der Waals surface area contributed by atoms with Gasteiger partial charge in [-0.3, -0.25) is 9.59 Å². The minimum atomic E-state index is -0.651. The molecule has 9 nitrogen and oxygen atoms in total. The first-order valence-electron chi connectivity index (χ1n) is 10.4. The highest BCUT2D eigenvalue weighted by Gasteiger charge is 2.25. The lowest BCUT2D eigenvalue weighted by molar-refractivity contribution is -0.117. The van der Waals surface area contributed by atoms with E-state index in [9.17, 15) is 9.59 Å². The summed E-state index contributed by atoms with van der Waals surface area (Å²) in [6.45, 7) is 3.38. The summed E-state index contributed by atoms with van der Waals surface area (Å²) in [7, 11) is 0. The van der Waals surface area contributed by atoms with Gasteiger partial charge in [0, 0.05) is 25.2 Å². The molecule has 1 fully saturated rings. The van der Waals surface area contributed by atoms with Crippen LogP contribution in [0.15, 0.2) is 42.6 Å². The maximum absolute atomic E-state index is 12.5. The molecule has 2 amide bonds. The molecule has 0 radical (unpaired) electrons. The van der Waals surface area contributed by atoms with Crippen molar-refractivity contribution in [2.75, 3.05) is 28.6 Å². The van der Waals surface area contributed by atoms with Crippen molar-refractivity contribution in [2.24, 2.45) is 11.7 Å². The van der Waals surface area contributed by atoms with Crippen LogP contribution in [0.4, 0.5) is 22.3 Å². The Bertz CT molecular complexity index is 1100. The Morgan fingerprint density at radius 3 is 2.81 bits per heavy atom. The van der Waals surface area contributed by atoms with Gasteiger partial charge in [-0.15, -0.1) is 0 Å². The number of aromatic nitrogens is 3.